The second-order valence-electron chi connectivity index (χ2n) is 10.3. The van der Waals surface area contributed by atoms with E-state index < -0.39 is 66.8 Å². The zero-order valence-corrected chi connectivity index (χ0v) is 24.3. The number of alkyl halides is 5. The average molecular weight is 646 g/mol. The van der Waals surface area contributed by atoms with Gasteiger partial charge in [-0.25, -0.2) is 31.0 Å². The van der Waals surface area contributed by atoms with Crippen LogP contribution < -0.4 is 19.1 Å². The van der Waals surface area contributed by atoms with E-state index in [0.717, 1.165) is 10.4 Å². The van der Waals surface area contributed by atoms with Crippen molar-refractivity contribution in [1.82, 2.24) is 14.5 Å². The average Bonchev–Trinajstić information content (AvgIpc) is 3.63. The third-order valence-corrected chi connectivity index (χ3v) is 10.6. The van der Waals surface area contributed by atoms with Crippen LogP contribution >= 0.6 is 0 Å². The molecule has 1 aliphatic carbocycles. The Labute approximate surface area is 238 Å². The molecular weight excluding hydrogens is 617 g/mol. The van der Waals surface area contributed by atoms with Gasteiger partial charge in [0.25, 0.3) is 10.0 Å². The number of aromatic nitrogens is 2. The van der Waals surface area contributed by atoms with E-state index >= 15 is 0 Å². The van der Waals surface area contributed by atoms with Crippen molar-refractivity contribution >= 4 is 37.5 Å². The lowest BCUT2D eigenvalue weighted by Crippen LogP contribution is -2.54. The second kappa shape index (κ2) is 10.8. The van der Waals surface area contributed by atoms with Crippen molar-refractivity contribution in [3.05, 3.63) is 30.1 Å². The van der Waals surface area contributed by atoms with Crippen LogP contribution in [0.5, 0.6) is 5.75 Å². The van der Waals surface area contributed by atoms with E-state index in [9.17, 15) is 43.6 Å². The molecule has 2 aromatic rings. The first-order valence-corrected chi connectivity index (χ1v) is 15.5. The summed E-state index contributed by atoms with van der Waals surface area (Å²) in [7, 11) is -8.37. The Morgan fingerprint density at radius 3 is 2.38 bits per heavy atom. The molecule has 2 heterocycles. The van der Waals surface area contributed by atoms with E-state index in [1.54, 1.807) is 0 Å². The van der Waals surface area contributed by atoms with Gasteiger partial charge in [-0.1, -0.05) is 0 Å². The molecule has 12 nitrogen and oxygen atoms in total. The maximum Gasteiger partial charge on any atom is 0.427 e. The summed E-state index contributed by atoms with van der Waals surface area (Å²) in [6.07, 6.45) is -5.87. The number of hydrogen-bond acceptors (Lipinski definition) is 8. The van der Waals surface area contributed by atoms with Crippen LogP contribution in [0, 0.1) is 6.92 Å². The number of amides is 1. The van der Waals surface area contributed by atoms with E-state index in [2.05, 4.69) is 19.9 Å². The molecule has 2 aliphatic rings. The van der Waals surface area contributed by atoms with E-state index in [0.29, 0.717) is 32.9 Å². The summed E-state index contributed by atoms with van der Waals surface area (Å²) in [5.74, 6) is -0.0965. The molecule has 1 aromatic carbocycles. The van der Waals surface area contributed by atoms with Crippen LogP contribution in [0.3, 0.4) is 0 Å². The molecule has 19 heteroatoms. The zero-order chi connectivity index (χ0) is 31.4. The Morgan fingerprint density at radius 2 is 1.83 bits per heavy atom. The van der Waals surface area contributed by atoms with Gasteiger partial charge in [0.2, 0.25) is 15.6 Å². The van der Waals surface area contributed by atoms with Crippen molar-refractivity contribution in [2.75, 3.05) is 16.2 Å². The first-order chi connectivity index (χ1) is 19.2. The molecule has 0 bridgehead atoms. The minimum atomic E-state index is -4.88. The van der Waals surface area contributed by atoms with E-state index in [4.69, 9.17) is 4.74 Å². The number of benzene rings is 1. The maximum atomic E-state index is 13.9. The molecule has 0 spiro atoms. The minimum Gasteiger partial charge on any atom is -0.485 e. The lowest BCUT2D eigenvalue weighted by Gasteiger charge is -2.41. The molecule has 1 aliphatic heterocycles. The van der Waals surface area contributed by atoms with Crippen molar-refractivity contribution in [3.63, 3.8) is 0 Å². The number of nitrogens with one attached hydrogen (secondary N) is 2. The molecule has 0 radical (unpaired) electrons. The highest BCUT2D eigenvalue weighted by atomic mass is 32.2. The number of anilines is 2. The third kappa shape index (κ3) is 6.26. The predicted octanol–water partition coefficient (Wildman–Crippen LogP) is 3.90. The van der Waals surface area contributed by atoms with Crippen LogP contribution in [0.15, 0.2) is 29.3 Å². The van der Waals surface area contributed by atoms with Crippen molar-refractivity contribution < 1.29 is 53.1 Å². The normalized spacial score (nSPS) is 19.8. The topological polar surface area (TPSA) is 149 Å². The molecule has 42 heavy (non-hydrogen) atoms. The number of carbonyl (C=O) groups excluding carboxylic acids is 1. The Kier molecular flexibility index (Phi) is 8.18. The van der Waals surface area contributed by atoms with Gasteiger partial charge in [-0.15, -0.1) is 0 Å². The number of sulfonamides is 2. The summed E-state index contributed by atoms with van der Waals surface area (Å²) in [6, 6.07) is 2.35. The van der Waals surface area contributed by atoms with Gasteiger partial charge in [-0.3, -0.25) is 9.62 Å². The van der Waals surface area contributed by atoms with Crippen LogP contribution in [0.2, 0.25) is 0 Å². The highest BCUT2D eigenvalue weighted by molar-refractivity contribution is 7.93. The fraction of sp³-hybridized carbons (Fsp3) is 0.565. The van der Waals surface area contributed by atoms with Crippen molar-refractivity contribution in [2.24, 2.45) is 0 Å². The fourth-order valence-electron chi connectivity index (χ4n) is 4.11. The first kappa shape index (κ1) is 31.7. The van der Waals surface area contributed by atoms with Gasteiger partial charge in [0, 0.05) is 12.2 Å². The Bertz CT molecular complexity index is 1570. The number of rotatable bonds is 9. The number of halogens is 5. The SMILES string of the molecule is Cc1nn(C(F)F)cc1S(=O)(=O)N1c2cc(NC(=O)OC(C)(C)C(F)(F)F)ccc2O[C@@H](CNS(=O)(=O)C2CC2)[C@H]1C. The summed E-state index contributed by atoms with van der Waals surface area (Å²) < 4.78 is 132. The monoisotopic (exact) mass is 645 g/mol. The second-order valence-corrected chi connectivity index (χ2v) is 14.2. The summed E-state index contributed by atoms with van der Waals surface area (Å²) in [6.45, 7) is 0.402. The molecule has 1 saturated carbocycles. The lowest BCUT2D eigenvalue weighted by molar-refractivity contribution is -0.242. The van der Waals surface area contributed by atoms with Gasteiger partial charge in [-0.2, -0.15) is 27.1 Å². The zero-order valence-electron chi connectivity index (χ0n) is 22.6. The van der Waals surface area contributed by atoms with Gasteiger partial charge >= 0.3 is 18.8 Å². The van der Waals surface area contributed by atoms with Crippen LogP contribution in [-0.4, -0.2) is 68.4 Å². The molecule has 234 valence electrons. The molecule has 2 atom stereocenters. The largest absolute Gasteiger partial charge is 0.485 e. The van der Waals surface area contributed by atoms with E-state index in [1.807, 2.05) is 0 Å². The van der Waals surface area contributed by atoms with Crippen molar-refractivity contribution in [1.29, 1.82) is 0 Å². The van der Waals surface area contributed by atoms with E-state index in [1.165, 1.54) is 26.0 Å². The number of hydrogen-bond donors (Lipinski definition) is 2. The minimum absolute atomic E-state index is 0.0965. The van der Waals surface area contributed by atoms with Crippen LogP contribution in [-0.2, 0) is 24.8 Å². The molecule has 0 saturated heterocycles. The highest BCUT2D eigenvalue weighted by Crippen LogP contribution is 2.42. The third-order valence-electron chi connectivity index (χ3n) is 6.72. The van der Waals surface area contributed by atoms with Gasteiger partial charge in [0.1, 0.15) is 16.7 Å². The molecular formula is C23H28F5N5O7S2. The predicted molar refractivity (Wildman–Crippen MR) is 138 cm³/mol. The van der Waals surface area contributed by atoms with E-state index in [-0.39, 0.29) is 34.0 Å². The van der Waals surface area contributed by atoms with Crippen LogP contribution in [0.1, 0.15) is 45.9 Å². The number of fused-ring (bicyclic) bond motifs is 1. The van der Waals surface area contributed by atoms with Crippen molar-refractivity contribution in [3.8, 4) is 5.75 Å². The smallest absolute Gasteiger partial charge is 0.427 e. The Morgan fingerprint density at radius 1 is 1.19 bits per heavy atom. The molecule has 1 aromatic heterocycles. The Hall–Kier alpha value is -3.19. The standard InChI is InChI=1S/C23H28F5N5O7S2/c1-12-19(11-32(31-12)20(24)25)42(37,38)33-13(2)18(10-29-41(35,36)15-6-7-15)39-17-8-5-14(9-16(17)33)30-21(34)40-22(3,4)23(26,27)28/h5,8-9,11,13,15,18,20,29H,6-7,10H2,1-4H3,(H,30,34)/t13-,18+/m1/s1. The first-order valence-electron chi connectivity index (χ1n) is 12.5. The fourth-order valence-corrected chi connectivity index (χ4v) is 7.34. The Balaban J connectivity index is 1.71. The number of carbonyl (C=O) groups is 1. The summed E-state index contributed by atoms with van der Waals surface area (Å²) >= 11 is 0. The van der Waals surface area contributed by atoms with Crippen LogP contribution in [0.25, 0.3) is 0 Å². The van der Waals surface area contributed by atoms with Gasteiger partial charge in [0.05, 0.1) is 28.9 Å². The summed E-state index contributed by atoms with van der Waals surface area (Å²) in [5, 5.41) is 5.09. The van der Waals surface area contributed by atoms with Crippen molar-refractivity contribution in [2.45, 2.75) is 81.2 Å². The maximum absolute atomic E-state index is 13.9. The summed E-state index contributed by atoms with van der Waals surface area (Å²) in [4.78, 5) is 11.7. The van der Waals surface area contributed by atoms with Gasteiger partial charge < -0.3 is 9.47 Å². The quantitative estimate of drug-likeness (QED) is 0.390. The molecule has 2 N–H and O–H groups in total. The molecule has 4 rings (SSSR count). The summed E-state index contributed by atoms with van der Waals surface area (Å²) in [5.41, 5.74) is -3.49. The van der Waals surface area contributed by atoms with Gasteiger partial charge in [-0.05, 0) is 58.7 Å². The highest BCUT2D eigenvalue weighted by Gasteiger charge is 2.51. The lowest BCUT2D eigenvalue weighted by atomic mass is 10.1. The number of nitrogens with zero attached hydrogens (tertiary/aromatic N) is 3. The molecule has 1 amide bonds. The van der Waals surface area contributed by atoms with Crippen LogP contribution in [0.4, 0.5) is 38.1 Å². The van der Waals surface area contributed by atoms with Gasteiger partial charge in [0.15, 0.2) is 0 Å². The molecule has 1 fully saturated rings. The number of ether oxygens (including phenoxy) is 2. The number of aryl methyl sites for hydroxylation is 1. The molecule has 0 unspecified atom stereocenters.